The Morgan fingerprint density at radius 3 is 2.84 bits per heavy atom. The van der Waals surface area contributed by atoms with E-state index in [9.17, 15) is 9.59 Å². The number of pyridine rings is 1. The Labute approximate surface area is 189 Å². The van der Waals surface area contributed by atoms with Crippen LogP contribution in [0.25, 0.3) is 0 Å². The van der Waals surface area contributed by atoms with E-state index in [1.807, 2.05) is 11.0 Å². The fourth-order valence-corrected chi connectivity index (χ4v) is 4.73. The number of aryl methyl sites for hydroxylation is 1. The molecule has 1 aromatic carbocycles. The zero-order valence-electron chi connectivity index (χ0n) is 18.8. The Morgan fingerprint density at radius 2 is 2.00 bits per heavy atom. The molecule has 32 heavy (non-hydrogen) atoms. The molecule has 1 N–H and O–H groups in total. The molecule has 172 valence electrons. The van der Waals surface area contributed by atoms with Crippen LogP contribution in [0.5, 0.6) is 11.5 Å². The van der Waals surface area contributed by atoms with Gasteiger partial charge in [0.1, 0.15) is 11.4 Å². The second kappa shape index (κ2) is 10.7. The van der Waals surface area contributed by atoms with Crippen LogP contribution in [0.15, 0.2) is 41.3 Å². The smallest absolute Gasteiger partial charge is 0.270 e. The molecular formula is C25H33N3O4. The highest BCUT2D eigenvalue weighted by Gasteiger charge is 2.25. The first kappa shape index (κ1) is 22.4. The van der Waals surface area contributed by atoms with Crippen molar-refractivity contribution in [2.75, 3.05) is 39.9 Å². The summed E-state index contributed by atoms with van der Waals surface area (Å²) < 4.78 is 11.0. The highest BCUT2D eigenvalue weighted by molar-refractivity contribution is 5.92. The number of piperidine rings is 1. The standard InChI is InChI=1S/C25H33N3O4/c1-31-24-18-26-22(17-23(24)29)25(30)28-12-5-15-32-21-8-4-6-19(16-21)9-10-20-7-2-3-11-27(20)13-14-28/h4,6,8,16-18,20H,2-3,5,7,9-15H2,1H3,(H,26,29). The van der Waals surface area contributed by atoms with E-state index in [1.165, 1.54) is 44.2 Å². The number of hydrogen-bond acceptors (Lipinski definition) is 5. The summed E-state index contributed by atoms with van der Waals surface area (Å²) in [5.74, 6) is 0.930. The predicted molar refractivity (Wildman–Crippen MR) is 124 cm³/mol. The maximum absolute atomic E-state index is 13.2. The van der Waals surface area contributed by atoms with Gasteiger partial charge in [-0.15, -0.1) is 0 Å². The van der Waals surface area contributed by atoms with Gasteiger partial charge < -0.3 is 19.4 Å². The highest BCUT2D eigenvalue weighted by Crippen LogP contribution is 2.23. The molecule has 4 rings (SSSR count). The van der Waals surface area contributed by atoms with Crippen LogP contribution in [0, 0.1) is 0 Å². The molecule has 1 saturated heterocycles. The molecule has 2 aliphatic heterocycles. The number of carbonyl (C=O) groups excluding carboxylic acids is 1. The van der Waals surface area contributed by atoms with Gasteiger partial charge in [-0.2, -0.15) is 0 Å². The molecule has 7 nitrogen and oxygen atoms in total. The second-order valence-electron chi connectivity index (χ2n) is 8.65. The zero-order valence-corrected chi connectivity index (χ0v) is 18.8. The number of nitrogens with one attached hydrogen (secondary N) is 1. The van der Waals surface area contributed by atoms with Gasteiger partial charge in [-0.25, -0.2) is 0 Å². The van der Waals surface area contributed by atoms with Gasteiger partial charge in [-0.1, -0.05) is 18.6 Å². The van der Waals surface area contributed by atoms with Gasteiger partial charge >= 0.3 is 0 Å². The Bertz CT molecular complexity index is 974. The van der Waals surface area contributed by atoms with Crippen molar-refractivity contribution in [2.45, 2.75) is 44.6 Å². The van der Waals surface area contributed by atoms with Gasteiger partial charge in [-0.05, 0) is 56.3 Å². The number of H-pyrrole nitrogens is 1. The van der Waals surface area contributed by atoms with Crippen LogP contribution < -0.4 is 14.9 Å². The average molecular weight is 440 g/mol. The number of methoxy groups -OCH3 is 1. The summed E-state index contributed by atoms with van der Waals surface area (Å²) in [7, 11) is 1.44. The molecule has 1 fully saturated rings. The van der Waals surface area contributed by atoms with Gasteiger partial charge in [0.2, 0.25) is 5.43 Å². The maximum Gasteiger partial charge on any atom is 0.270 e. The van der Waals surface area contributed by atoms with Crippen molar-refractivity contribution in [1.29, 1.82) is 0 Å². The van der Waals surface area contributed by atoms with Gasteiger partial charge in [0.25, 0.3) is 5.91 Å². The lowest BCUT2D eigenvalue weighted by atomic mass is 9.95. The number of amides is 1. The summed E-state index contributed by atoms with van der Waals surface area (Å²) in [6, 6.07) is 10.2. The molecule has 0 saturated carbocycles. The molecule has 0 spiro atoms. The molecule has 2 aliphatic rings. The molecule has 2 aromatic rings. The lowest BCUT2D eigenvalue weighted by molar-refractivity contribution is 0.0677. The van der Waals surface area contributed by atoms with E-state index < -0.39 is 0 Å². The Morgan fingerprint density at radius 1 is 1.09 bits per heavy atom. The van der Waals surface area contributed by atoms with Crippen LogP contribution in [0.1, 0.15) is 48.2 Å². The van der Waals surface area contributed by atoms with Crippen LogP contribution in [0.3, 0.4) is 0 Å². The minimum atomic E-state index is -0.295. The fraction of sp³-hybridized carbons (Fsp3) is 0.520. The molecule has 0 aliphatic carbocycles. The number of fused-ring (bicyclic) bond motifs is 3. The fourth-order valence-electron chi connectivity index (χ4n) is 4.73. The lowest BCUT2D eigenvalue weighted by Crippen LogP contribution is -2.46. The molecule has 1 unspecified atom stereocenters. The predicted octanol–water partition coefficient (Wildman–Crippen LogP) is 3.10. The van der Waals surface area contributed by atoms with E-state index in [1.54, 1.807) is 0 Å². The number of ether oxygens (including phenoxy) is 2. The number of hydrogen-bond donors (Lipinski definition) is 1. The molecule has 2 bridgehead atoms. The maximum atomic E-state index is 13.2. The molecule has 3 heterocycles. The number of carbonyl (C=O) groups is 1. The van der Waals surface area contributed by atoms with Crippen LogP contribution in [0.2, 0.25) is 0 Å². The largest absolute Gasteiger partial charge is 0.494 e. The Hall–Kier alpha value is -2.80. The molecule has 1 atom stereocenters. The van der Waals surface area contributed by atoms with E-state index in [2.05, 4.69) is 28.1 Å². The minimum Gasteiger partial charge on any atom is -0.494 e. The molecule has 1 amide bonds. The van der Waals surface area contributed by atoms with Gasteiger partial charge in [-0.3, -0.25) is 14.5 Å². The van der Waals surface area contributed by atoms with E-state index in [4.69, 9.17) is 9.47 Å². The first-order chi connectivity index (χ1) is 15.6. The summed E-state index contributed by atoms with van der Waals surface area (Å²) in [4.78, 5) is 32.7. The van der Waals surface area contributed by atoms with Crippen molar-refractivity contribution in [2.24, 2.45) is 0 Å². The van der Waals surface area contributed by atoms with E-state index >= 15 is 0 Å². The van der Waals surface area contributed by atoms with Crippen molar-refractivity contribution in [3.8, 4) is 11.5 Å². The molecule has 1 aromatic heterocycles. The van der Waals surface area contributed by atoms with Crippen LogP contribution in [-0.2, 0) is 6.42 Å². The lowest BCUT2D eigenvalue weighted by Gasteiger charge is -2.37. The first-order valence-corrected chi connectivity index (χ1v) is 11.7. The minimum absolute atomic E-state index is 0.160. The Balaban J connectivity index is 1.53. The van der Waals surface area contributed by atoms with Crippen molar-refractivity contribution in [3.63, 3.8) is 0 Å². The first-order valence-electron chi connectivity index (χ1n) is 11.7. The molecule has 0 radical (unpaired) electrons. The third-order valence-corrected chi connectivity index (χ3v) is 6.53. The summed E-state index contributed by atoms with van der Waals surface area (Å²) in [6.07, 6.45) is 8.00. The van der Waals surface area contributed by atoms with E-state index in [-0.39, 0.29) is 17.1 Å². The monoisotopic (exact) mass is 439 g/mol. The SMILES string of the molecule is COc1c[nH]c(C(=O)N2CCCOc3cccc(c3)CCC3CCCCN3CC2)cc1=O. The molecular weight excluding hydrogens is 406 g/mol. The van der Waals surface area contributed by atoms with Crippen molar-refractivity contribution in [3.05, 3.63) is 58.0 Å². The third kappa shape index (κ3) is 5.51. The van der Waals surface area contributed by atoms with E-state index in [0.717, 1.165) is 38.1 Å². The van der Waals surface area contributed by atoms with Crippen LogP contribution in [0.4, 0.5) is 0 Å². The normalized spacial score (nSPS) is 20.5. The third-order valence-electron chi connectivity index (χ3n) is 6.53. The topological polar surface area (TPSA) is 74.9 Å². The van der Waals surface area contributed by atoms with Crippen LogP contribution >= 0.6 is 0 Å². The Kier molecular flexibility index (Phi) is 7.47. The highest BCUT2D eigenvalue weighted by atomic mass is 16.5. The van der Waals surface area contributed by atoms with Crippen molar-refractivity contribution >= 4 is 5.91 Å². The number of benzene rings is 1. The quantitative estimate of drug-likeness (QED) is 0.778. The van der Waals surface area contributed by atoms with Gasteiger partial charge in [0.15, 0.2) is 5.75 Å². The summed E-state index contributed by atoms with van der Waals surface area (Å²) >= 11 is 0. The van der Waals surface area contributed by atoms with E-state index in [0.29, 0.717) is 31.4 Å². The zero-order chi connectivity index (χ0) is 22.3. The number of aromatic amines is 1. The van der Waals surface area contributed by atoms with Gasteiger partial charge in [0.05, 0.1) is 13.7 Å². The van der Waals surface area contributed by atoms with Crippen LogP contribution in [-0.4, -0.2) is 66.6 Å². The van der Waals surface area contributed by atoms with Crippen molar-refractivity contribution < 1.29 is 14.3 Å². The number of rotatable bonds is 2. The molecule has 7 heteroatoms. The number of aromatic nitrogens is 1. The number of nitrogens with zero attached hydrogens (tertiary/aromatic N) is 2. The summed E-state index contributed by atoms with van der Waals surface area (Å²) in [6.45, 7) is 3.67. The second-order valence-corrected chi connectivity index (χ2v) is 8.65. The average Bonchev–Trinajstić information content (AvgIpc) is 2.82. The summed E-state index contributed by atoms with van der Waals surface area (Å²) in [5.41, 5.74) is 1.32. The summed E-state index contributed by atoms with van der Waals surface area (Å²) in [5, 5.41) is 0. The van der Waals surface area contributed by atoms with Gasteiger partial charge in [0, 0.05) is 37.9 Å². The van der Waals surface area contributed by atoms with Crippen molar-refractivity contribution in [1.82, 2.24) is 14.8 Å².